The van der Waals surface area contributed by atoms with Gasteiger partial charge in [-0.25, -0.2) is 0 Å². The number of amides is 1. The molecule has 0 saturated heterocycles. The summed E-state index contributed by atoms with van der Waals surface area (Å²) in [6.07, 6.45) is 6.55. The van der Waals surface area contributed by atoms with Gasteiger partial charge >= 0.3 is 0 Å². The summed E-state index contributed by atoms with van der Waals surface area (Å²) < 4.78 is 9.77. The predicted molar refractivity (Wildman–Crippen MR) is 53.8 cm³/mol. The van der Waals surface area contributed by atoms with E-state index < -0.39 is 0 Å². The molecular formula is C10H17NO3. The van der Waals surface area contributed by atoms with Crippen molar-refractivity contribution in [2.24, 2.45) is 0 Å². The van der Waals surface area contributed by atoms with Crippen LogP contribution in [-0.4, -0.2) is 39.4 Å². The Hall–Kier alpha value is -1.05. The first kappa shape index (κ1) is 12.9. The molecule has 14 heavy (non-hydrogen) atoms. The summed E-state index contributed by atoms with van der Waals surface area (Å²) in [6.45, 7) is 1.63. The van der Waals surface area contributed by atoms with Crippen LogP contribution in [-0.2, 0) is 14.3 Å². The average Bonchev–Trinajstić information content (AvgIpc) is 2.19. The van der Waals surface area contributed by atoms with E-state index in [1.165, 1.54) is 0 Å². The second-order valence-electron chi connectivity index (χ2n) is 2.70. The van der Waals surface area contributed by atoms with E-state index >= 15 is 0 Å². The van der Waals surface area contributed by atoms with Gasteiger partial charge in [0.2, 0.25) is 5.91 Å². The molecule has 0 spiro atoms. The van der Waals surface area contributed by atoms with Gasteiger partial charge in [0.05, 0.1) is 13.2 Å². The fraction of sp³-hybridized carbons (Fsp3) is 0.700. The number of carbonyl (C=O) groups excluding carboxylic acids is 1. The lowest BCUT2D eigenvalue weighted by Crippen LogP contribution is -2.28. The quantitative estimate of drug-likeness (QED) is 0.448. The minimum absolute atomic E-state index is 0.0828. The van der Waals surface area contributed by atoms with Crippen molar-refractivity contribution < 1.29 is 14.3 Å². The maximum Gasteiger partial charge on any atom is 0.245 e. The molecule has 0 heterocycles. The zero-order valence-corrected chi connectivity index (χ0v) is 8.54. The summed E-state index contributed by atoms with van der Waals surface area (Å²) in [5, 5.41) is 2.69. The van der Waals surface area contributed by atoms with E-state index in [1.54, 1.807) is 7.11 Å². The fourth-order valence-electron chi connectivity index (χ4n) is 0.776. The maximum absolute atomic E-state index is 11.0. The van der Waals surface area contributed by atoms with Crippen molar-refractivity contribution in [1.29, 1.82) is 0 Å². The first-order valence-electron chi connectivity index (χ1n) is 4.58. The Morgan fingerprint density at radius 3 is 2.93 bits per heavy atom. The van der Waals surface area contributed by atoms with Crippen LogP contribution in [0.5, 0.6) is 0 Å². The van der Waals surface area contributed by atoms with E-state index in [0.29, 0.717) is 26.2 Å². The lowest BCUT2D eigenvalue weighted by molar-refractivity contribution is -0.126. The Morgan fingerprint density at radius 1 is 1.50 bits per heavy atom. The summed E-state index contributed by atoms with van der Waals surface area (Å²) >= 11 is 0. The third-order valence-electron chi connectivity index (χ3n) is 1.49. The van der Waals surface area contributed by atoms with Crippen molar-refractivity contribution in [2.75, 3.05) is 33.5 Å². The highest BCUT2D eigenvalue weighted by Gasteiger charge is 1.99. The number of nitrogens with one attached hydrogen (secondary N) is 1. The number of ether oxygens (including phenoxy) is 2. The van der Waals surface area contributed by atoms with Crippen molar-refractivity contribution in [3.8, 4) is 12.3 Å². The highest BCUT2D eigenvalue weighted by atomic mass is 16.5. The summed E-state index contributed by atoms with van der Waals surface area (Å²) in [7, 11) is 1.59. The number of hydrogen-bond donors (Lipinski definition) is 1. The van der Waals surface area contributed by atoms with E-state index in [9.17, 15) is 4.79 Å². The topological polar surface area (TPSA) is 47.6 Å². The molecule has 0 aromatic heterocycles. The van der Waals surface area contributed by atoms with Crippen molar-refractivity contribution in [1.82, 2.24) is 5.32 Å². The Balaban J connectivity index is 3.16. The molecule has 80 valence electrons. The second-order valence-corrected chi connectivity index (χ2v) is 2.70. The van der Waals surface area contributed by atoms with Crippen LogP contribution in [0.3, 0.4) is 0 Å². The van der Waals surface area contributed by atoms with Gasteiger partial charge in [-0.15, -0.1) is 12.3 Å². The summed E-state index contributed by atoms with van der Waals surface area (Å²) in [4.78, 5) is 11.0. The molecule has 0 aliphatic rings. The monoisotopic (exact) mass is 199 g/mol. The third kappa shape index (κ3) is 9.04. The van der Waals surface area contributed by atoms with Gasteiger partial charge in [0.15, 0.2) is 0 Å². The molecule has 4 heteroatoms. The number of hydrogen-bond acceptors (Lipinski definition) is 3. The van der Waals surface area contributed by atoms with Crippen LogP contribution in [0.2, 0.25) is 0 Å². The molecule has 0 fully saturated rings. The molecule has 0 aromatic carbocycles. The highest BCUT2D eigenvalue weighted by molar-refractivity contribution is 5.77. The molecule has 4 nitrogen and oxygen atoms in total. The van der Waals surface area contributed by atoms with Gasteiger partial charge in [-0.1, -0.05) is 0 Å². The van der Waals surface area contributed by atoms with Crippen LogP contribution >= 0.6 is 0 Å². The molecular weight excluding hydrogens is 182 g/mol. The SMILES string of the molecule is C#CCCCNC(=O)COCCOC. The summed E-state index contributed by atoms with van der Waals surface area (Å²) in [5.74, 6) is 2.39. The van der Waals surface area contributed by atoms with E-state index in [1.807, 2.05) is 0 Å². The van der Waals surface area contributed by atoms with Crippen LogP contribution in [0.4, 0.5) is 0 Å². The maximum atomic E-state index is 11.0. The summed E-state index contributed by atoms with van der Waals surface area (Å²) in [5.41, 5.74) is 0. The van der Waals surface area contributed by atoms with E-state index in [4.69, 9.17) is 15.9 Å². The van der Waals surface area contributed by atoms with Gasteiger partial charge < -0.3 is 14.8 Å². The number of carbonyl (C=O) groups is 1. The Labute approximate surface area is 85.0 Å². The molecule has 0 saturated carbocycles. The minimum Gasteiger partial charge on any atom is -0.382 e. The van der Waals surface area contributed by atoms with Gasteiger partial charge in [0.25, 0.3) is 0 Å². The predicted octanol–water partition coefficient (Wildman–Crippen LogP) is 0.179. The van der Waals surface area contributed by atoms with Gasteiger partial charge in [-0.05, 0) is 6.42 Å². The smallest absolute Gasteiger partial charge is 0.245 e. The fourth-order valence-corrected chi connectivity index (χ4v) is 0.776. The van der Waals surface area contributed by atoms with Crippen LogP contribution in [0, 0.1) is 12.3 Å². The van der Waals surface area contributed by atoms with Crippen molar-refractivity contribution >= 4 is 5.91 Å². The average molecular weight is 199 g/mol. The molecule has 0 radical (unpaired) electrons. The van der Waals surface area contributed by atoms with E-state index in [-0.39, 0.29) is 12.5 Å². The van der Waals surface area contributed by atoms with Crippen molar-refractivity contribution in [2.45, 2.75) is 12.8 Å². The van der Waals surface area contributed by atoms with Crippen LogP contribution in [0.25, 0.3) is 0 Å². The van der Waals surface area contributed by atoms with Crippen LogP contribution in [0.15, 0.2) is 0 Å². The zero-order valence-electron chi connectivity index (χ0n) is 8.54. The van der Waals surface area contributed by atoms with Crippen molar-refractivity contribution in [3.63, 3.8) is 0 Å². The van der Waals surface area contributed by atoms with Crippen LogP contribution < -0.4 is 5.32 Å². The molecule has 0 atom stereocenters. The minimum atomic E-state index is -0.113. The standard InChI is InChI=1S/C10H17NO3/c1-3-4-5-6-11-10(12)9-14-8-7-13-2/h1H,4-9H2,2H3,(H,11,12). The number of terminal acetylenes is 1. The Bertz CT molecular complexity index is 186. The van der Waals surface area contributed by atoms with E-state index in [2.05, 4.69) is 11.2 Å². The molecule has 0 aliphatic heterocycles. The molecule has 1 amide bonds. The Morgan fingerprint density at radius 2 is 2.29 bits per heavy atom. The van der Waals surface area contributed by atoms with Gasteiger partial charge in [-0.2, -0.15) is 0 Å². The number of methoxy groups -OCH3 is 1. The first-order valence-corrected chi connectivity index (χ1v) is 4.58. The lowest BCUT2D eigenvalue weighted by Gasteiger charge is -2.04. The highest BCUT2D eigenvalue weighted by Crippen LogP contribution is 1.83. The lowest BCUT2D eigenvalue weighted by atomic mass is 10.3. The molecule has 0 rings (SSSR count). The largest absolute Gasteiger partial charge is 0.382 e. The molecule has 1 N–H and O–H groups in total. The molecule has 0 bridgehead atoms. The van der Waals surface area contributed by atoms with Gasteiger partial charge in [0.1, 0.15) is 6.61 Å². The molecule has 0 aliphatic carbocycles. The number of rotatable bonds is 8. The third-order valence-corrected chi connectivity index (χ3v) is 1.49. The number of unbranched alkanes of at least 4 members (excludes halogenated alkanes) is 1. The zero-order chi connectivity index (χ0) is 10.6. The normalized spacial score (nSPS) is 9.43. The molecule has 0 unspecified atom stereocenters. The van der Waals surface area contributed by atoms with Gasteiger partial charge in [0, 0.05) is 20.1 Å². The van der Waals surface area contributed by atoms with Crippen LogP contribution in [0.1, 0.15) is 12.8 Å². The van der Waals surface area contributed by atoms with Crippen molar-refractivity contribution in [3.05, 3.63) is 0 Å². The van der Waals surface area contributed by atoms with E-state index in [0.717, 1.165) is 6.42 Å². The summed E-state index contributed by atoms with van der Waals surface area (Å²) in [6, 6.07) is 0. The first-order chi connectivity index (χ1) is 6.81. The second kappa shape index (κ2) is 10.0. The van der Waals surface area contributed by atoms with Gasteiger partial charge in [-0.3, -0.25) is 4.79 Å². The Kier molecular flexibility index (Phi) is 9.28. The molecule has 0 aromatic rings.